The Balaban J connectivity index is 2.19. The van der Waals surface area contributed by atoms with E-state index in [4.69, 9.17) is 9.88 Å². The highest BCUT2D eigenvalue weighted by molar-refractivity contribution is 7.82. The molecular formula is C11H15NO2S. The highest BCUT2D eigenvalue weighted by Crippen LogP contribution is 2.27. The summed E-state index contributed by atoms with van der Waals surface area (Å²) >= 11 is 0. The van der Waals surface area contributed by atoms with E-state index in [-0.39, 0.29) is 0 Å². The van der Waals surface area contributed by atoms with Crippen LogP contribution in [0.2, 0.25) is 0 Å². The van der Waals surface area contributed by atoms with Crippen molar-refractivity contribution >= 4 is 11.0 Å². The van der Waals surface area contributed by atoms with Gasteiger partial charge in [-0.1, -0.05) is 12.1 Å². The van der Waals surface area contributed by atoms with E-state index >= 15 is 0 Å². The molecule has 0 aliphatic carbocycles. The Morgan fingerprint density at radius 2 is 2.07 bits per heavy atom. The van der Waals surface area contributed by atoms with Crippen molar-refractivity contribution in [2.45, 2.75) is 23.7 Å². The Hall–Kier alpha value is -0.710. The molecule has 1 aliphatic rings. The minimum atomic E-state index is -1.37. The largest absolute Gasteiger partial charge is 0.381 e. The molecule has 1 atom stereocenters. The van der Waals surface area contributed by atoms with E-state index in [0.29, 0.717) is 10.8 Å². The molecule has 0 aromatic heterocycles. The molecule has 1 aliphatic heterocycles. The maximum Gasteiger partial charge on any atom is 0.122 e. The fourth-order valence-corrected chi connectivity index (χ4v) is 2.39. The quantitative estimate of drug-likeness (QED) is 0.830. The SMILES string of the molecule is NS(=O)c1cccc(C2CCOCC2)c1. The molecule has 0 spiro atoms. The standard InChI is InChI=1S/C11H15NO2S/c12-15(13)11-3-1-2-10(8-11)9-4-6-14-7-5-9/h1-3,8-9H,4-7,12H2. The van der Waals surface area contributed by atoms with E-state index in [2.05, 4.69) is 6.07 Å². The van der Waals surface area contributed by atoms with Crippen LogP contribution in [0.3, 0.4) is 0 Å². The maximum absolute atomic E-state index is 11.1. The molecule has 82 valence electrons. The van der Waals surface area contributed by atoms with Gasteiger partial charge in [0.25, 0.3) is 0 Å². The zero-order chi connectivity index (χ0) is 10.7. The van der Waals surface area contributed by atoms with Crippen LogP contribution in [-0.4, -0.2) is 17.4 Å². The van der Waals surface area contributed by atoms with Crippen LogP contribution in [-0.2, 0) is 15.7 Å². The van der Waals surface area contributed by atoms with Crippen LogP contribution in [0.25, 0.3) is 0 Å². The highest BCUT2D eigenvalue weighted by Gasteiger charge is 2.16. The van der Waals surface area contributed by atoms with Crippen molar-refractivity contribution in [1.29, 1.82) is 0 Å². The van der Waals surface area contributed by atoms with Gasteiger partial charge in [0, 0.05) is 13.2 Å². The summed E-state index contributed by atoms with van der Waals surface area (Å²) in [5.74, 6) is 0.530. The van der Waals surface area contributed by atoms with Gasteiger partial charge in [0.15, 0.2) is 0 Å². The monoisotopic (exact) mass is 225 g/mol. The molecule has 3 nitrogen and oxygen atoms in total. The first-order valence-electron chi connectivity index (χ1n) is 5.11. The number of rotatable bonds is 2. The summed E-state index contributed by atoms with van der Waals surface area (Å²) in [7, 11) is -1.37. The number of nitrogens with two attached hydrogens (primary N) is 1. The second-order valence-corrected chi connectivity index (χ2v) is 4.82. The summed E-state index contributed by atoms with van der Waals surface area (Å²) in [6.07, 6.45) is 2.08. The van der Waals surface area contributed by atoms with Crippen LogP contribution in [0, 0.1) is 0 Å². The molecule has 1 aromatic rings. The lowest BCUT2D eigenvalue weighted by atomic mass is 9.92. The van der Waals surface area contributed by atoms with E-state index in [1.54, 1.807) is 6.07 Å². The fraction of sp³-hybridized carbons (Fsp3) is 0.455. The molecule has 1 unspecified atom stereocenters. The van der Waals surface area contributed by atoms with Crippen LogP contribution >= 0.6 is 0 Å². The molecule has 0 saturated carbocycles. The van der Waals surface area contributed by atoms with E-state index in [0.717, 1.165) is 26.1 Å². The molecule has 0 bridgehead atoms. The second-order valence-electron chi connectivity index (χ2n) is 3.76. The van der Waals surface area contributed by atoms with Crippen LogP contribution in [0.1, 0.15) is 24.3 Å². The fourth-order valence-electron chi connectivity index (χ4n) is 1.92. The predicted molar refractivity (Wildman–Crippen MR) is 59.8 cm³/mol. The van der Waals surface area contributed by atoms with E-state index in [1.165, 1.54) is 5.56 Å². The molecule has 0 amide bonds. The first-order chi connectivity index (χ1) is 7.27. The average molecular weight is 225 g/mol. The van der Waals surface area contributed by atoms with Crippen LogP contribution in [0.15, 0.2) is 29.2 Å². The van der Waals surface area contributed by atoms with Gasteiger partial charge in [-0.15, -0.1) is 0 Å². The molecule has 1 fully saturated rings. The van der Waals surface area contributed by atoms with Gasteiger partial charge in [0.05, 0.1) is 4.90 Å². The zero-order valence-electron chi connectivity index (χ0n) is 8.52. The minimum Gasteiger partial charge on any atom is -0.381 e. The van der Waals surface area contributed by atoms with Gasteiger partial charge >= 0.3 is 0 Å². The molecule has 0 radical (unpaired) electrons. The lowest BCUT2D eigenvalue weighted by molar-refractivity contribution is 0.0853. The molecular weight excluding hydrogens is 210 g/mol. The normalized spacial score (nSPS) is 20.1. The summed E-state index contributed by atoms with van der Waals surface area (Å²) in [6.45, 7) is 1.64. The van der Waals surface area contributed by atoms with E-state index in [1.807, 2.05) is 12.1 Å². The summed E-state index contributed by atoms with van der Waals surface area (Å²) in [5.41, 5.74) is 1.23. The van der Waals surface area contributed by atoms with Crippen LogP contribution in [0.5, 0.6) is 0 Å². The van der Waals surface area contributed by atoms with Crippen molar-refractivity contribution in [3.8, 4) is 0 Å². The Bertz CT molecular complexity index is 361. The smallest absolute Gasteiger partial charge is 0.122 e. The Morgan fingerprint density at radius 1 is 1.33 bits per heavy atom. The molecule has 1 saturated heterocycles. The second kappa shape index (κ2) is 4.88. The maximum atomic E-state index is 11.1. The molecule has 2 N–H and O–H groups in total. The molecule has 1 heterocycles. The molecule has 15 heavy (non-hydrogen) atoms. The zero-order valence-corrected chi connectivity index (χ0v) is 9.33. The van der Waals surface area contributed by atoms with Gasteiger partial charge in [0.2, 0.25) is 0 Å². The van der Waals surface area contributed by atoms with Crippen molar-refractivity contribution in [3.63, 3.8) is 0 Å². The Labute approximate surface area is 92.2 Å². The Kier molecular flexibility index (Phi) is 3.51. The third kappa shape index (κ3) is 2.65. The Morgan fingerprint density at radius 3 is 2.73 bits per heavy atom. The first kappa shape index (κ1) is 10.8. The van der Waals surface area contributed by atoms with Gasteiger partial charge in [-0.05, 0) is 36.5 Å². The van der Waals surface area contributed by atoms with E-state index < -0.39 is 11.0 Å². The number of ether oxygens (including phenoxy) is 1. The minimum absolute atomic E-state index is 0.530. The van der Waals surface area contributed by atoms with Gasteiger partial charge < -0.3 is 4.74 Å². The number of hydrogen-bond donors (Lipinski definition) is 1. The highest BCUT2D eigenvalue weighted by atomic mass is 32.2. The topological polar surface area (TPSA) is 52.3 Å². The average Bonchev–Trinajstić information content (AvgIpc) is 2.30. The lowest BCUT2D eigenvalue weighted by Gasteiger charge is -2.22. The van der Waals surface area contributed by atoms with Crippen LogP contribution in [0.4, 0.5) is 0 Å². The van der Waals surface area contributed by atoms with Gasteiger partial charge in [-0.3, -0.25) is 0 Å². The third-order valence-corrected chi connectivity index (χ3v) is 3.50. The summed E-state index contributed by atoms with van der Waals surface area (Å²) < 4.78 is 16.5. The predicted octanol–water partition coefficient (Wildman–Crippen LogP) is 1.56. The summed E-state index contributed by atoms with van der Waals surface area (Å²) in [4.78, 5) is 0.707. The van der Waals surface area contributed by atoms with Crippen molar-refractivity contribution in [3.05, 3.63) is 29.8 Å². The first-order valence-corrected chi connectivity index (χ1v) is 6.32. The van der Waals surface area contributed by atoms with Crippen molar-refractivity contribution in [2.75, 3.05) is 13.2 Å². The van der Waals surface area contributed by atoms with Crippen molar-refractivity contribution in [1.82, 2.24) is 0 Å². The van der Waals surface area contributed by atoms with Gasteiger partial charge in [0.1, 0.15) is 11.0 Å². The lowest BCUT2D eigenvalue weighted by Crippen LogP contribution is -2.14. The third-order valence-electron chi connectivity index (χ3n) is 2.78. The van der Waals surface area contributed by atoms with Crippen LogP contribution < -0.4 is 5.14 Å². The number of benzene rings is 1. The summed E-state index contributed by atoms with van der Waals surface area (Å²) in [6, 6.07) is 7.75. The number of hydrogen-bond acceptors (Lipinski definition) is 2. The molecule has 4 heteroatoms. The molecule has 1 aromatic carbocycles. The van der Waals surface area contributed by atoms with Crippen molar-refractivity contribution in [2.24, 2.45) is 5.14 Å². The molecule has 2 rings (SSSR count). The van der Waals surface area contributed by atoms with Crippen molar-refractivity contribution < 1.29 is 8.95 Å². The van der Waals surface area contributed by atoms with Gasteiger partial charge in [-0.2, -0.15) is 0 Å². The van der Waals surface area contributed by atoms with E-state index in [9.17, 15) is 4.21 Å². The van der Waals surface area contributed by atoms with Gasteiger partial charge in [-0.25, -0.2) is 9.35 Å². The summed E-state index contributed by atoms with van der Waals surface area (Å²) in [5, 5.41) is 5.36.